The van der Waals surface area contributed by atoms with Crippen LogP contribution in [0.3, 0.4) is 0 Å². The molecule has 0 radical (unpaired) electrons. The second kappa shape index (κ2) is 7.48. The zero-order valence-corrected chi connectivity index (χ0v) is 11.5. The molecule has 19 heavy (non-hydrogen) atoms. The van der Waals surface area contributed by atoms with Gasteiger partial charge in [0.15, 0.2) is 0 Å². The highest BCUT2D eigenvalue weighted by Crippen LogP contribution is 2.19. The van der Waals surface area contributed by atoms with Crippen LogP contribution in [0, 0.1) is 5.92 Å². The number of aliphatic hydroxyl groups excluding tert-OH is 1. The molecule has 1 aliphatic rings. The maximum atomic E-state index is 10.0. The van der Waals surface area contributed by atoms with Gasteiger partial charge >= 0.3 is 0 Å². The molecule has 0 saturated carbocycles. The SMILES string of the molecule is COc1cccc(C(O)COCCC2CCNC2)c1. The van der Waals surface area contributed by atoms with Gasteiger partial charge in [0.2, 0.25) is 0 Å². The molecular weight excluding hydrogens is 242 g/mol. The molecule has 0 aromatic heterocycles. The van der Waals surface area contributed by atoms with Gasteiger partial charge in [-0.15, -0.1) is 0 Å². The van der Waals surface area contributed by atoms with Gasteiger partial charge in [0.1, 0.15) is 11.9 Å². The van der Waals surface area contributed by atoms with Gasteiger partial charge in [-0.3, -0.25) is 0 Å². The smallest absolute Gasteiger partial charge is 0.119 e. The Morgan fingerprint density at radius 2 is 2.37 bits per heavy atom. The highest BCUT2D eigenvalue weighted by Gasteiger charge is 2.14. The van der Waals surface area contributed by atoms with E-state index in [1.807, 2.05) is 24.3 Å². The van der Waals surface area contributed by atoms with E-state index in [0.29, 0.717) is 13.2 Å². The summed E-state index contributed by atoms with van der Waals surface area (Å²) in [5.41, 5.74) is 0.835. The summed E-state index contributed by atoms with van der Waals surface area (Å²) in [7, 11) is 1.62. The Kier molecular flexibility index (Phi) is 5.63. The van der Waals surface area contributed by atoms with Crippen LogP contribution in [0.1, 0.15) is 24.5 Å². The van der Waals surface area contributed by atoms with Crippen molar-refractivity contribution in [3.05, 3.63) is 29.8 Å². The fraction of sp³-hybridized carbons (Fsp3) is 0.600. The lowest BCUT2D eigenvalue weighted by molar-refractivity contribution is 0.0312. The first-order chi connectivity index (χ1) is 9.29. The van der Waals surface area contributed by atoms with E-state index in [1.165, 1.54) is 6.42 Å². The normalized spacial score (nSPS) is 20.4. The second-order valence-corrected chi connectivity index (χ2v) is 5.01. The molecule has 2 unspecified atom stereocenters. The molecule has 2 N–H and O–H groups in total. The lowest BCUT2D eigenvalue weighted by Gasteiger charge is -2.14. The monoisotopic (exact) mass is 265 g/mol. The van der Waals surface area contributed by atoms with E-state index in [-0.39, 0.29) is 0 Å². The van der Waals surface area contributed by atoms with Gasteiger partial charge in [-0.2, -0.15) is 0 Å². The van der Waals surface area contributed by atoms with E-state index in [2.05, 4.69) is 5.32 Å². The number of aliphatic hydroxyl groups is 1. The number of ether oxygens (including phenoxy) is 2. The summed E-state index contributed by atoms with van der Waals surface area (Å²) < 4.78 is 10.7. The number of hydrogen-bond donors (Lipinski definition) is 2. The van der Waals surface area contributed by atoms with Crippen LogP contribution < -0.4 is 10.1 Å². The van der Waals surface area contributed by atoms with Crippen molar-refractivity contribution in [3.63, 3.8) is 0 Å². The molecule has 1 aromatic carbocycles. The lowest BCUT2D eigenvalue weighted by Crippen LogP contribution is -2.13. The molecule has 0 aliphatic carbocycles. The number of benzene rings is 1. The Balaban J connectivity index is 1.69. The Hall–Kier alpha value is -1.10. The minimum absolute atomic E-state index is 0.341. The van der Waals surface area contributed by atoms with E-state index >= 15 is 0 Å². The zero-order valence-electron chi connectivity index (χ0n) is 11.5. The fourth-order valence-corrected chi connectivity index (χ4v) is 2.35. The third kappa shape index (κ3) is 4.49. The van der Waals surface area contributed by atoms with E-state index in [4.69, 9.17) is 9.47 Å². The van der Waals surface area contributed by atoms with Crippen LogP contribution >= 0.6 is 0 Å². The highest BCUT2D eigenvalue weighted by atomic mass is 16.5. The van der Waals surface area contributed by atoms with E-state index < -0.39 is 6.10 Å². The Morgan fingerprint density at radius 3 is 3.11 bits per heavy atom. The molecule has 0 spiro atoms. The first kappa shape index (κ1) is 14.3. The zero-order chi connectivity index (χ0) is 13.5. The van der Waals surface area contributed by atoms with Crippen LogP contribution in [0.25, 0.3) is 0 Å². The summed E-state index contributed by atoms with van der Waals surface area (Å²) in [5, 5.41) is 13.4. The van der Waals surface area contributed by atoms with Gasteiger partial charge in [-0.25, -0.2) is 0 Å². The number of rotatable bonds is 7. The molecular formula is C15H23NO3. The predicted molar refractivity (Wildman–Crippen MR) is 74.4 cm³/mol. The molecule has 4 nitrogen and oxygen atoms in total. The van der Waals surface area contributed by atoms with Crippen LogP contribution in [0.5, 0.6) is 5.75 Å². The van der Waals surface area contributed by atoms with Crippen molar-refractivity contribution < 1.29 is 14.6 Å². The van der Waals surface area contributed by atoms with Crippen molar-refractivity contribution in [2.24, 2.45) is 5.92 Å². The largest absolute Gasteiger partial charge is 0.497 e. The molecule has 1 heterocycles. The minimum atomic E-state index is -0.586. The van der Waals surface area contributed by atoms with E-state index in [1.54, 1.807) is 7.11 Å². The van der Waals surface area contributed by atoms with Crippen LogP contribution in [-0.4, -0.2) is 38.5 Å². The molecule has 1 saturated heterocycles. The fourth-order valence-electron chi connectivity index (χ4n) is 2.35. The first-order valence-electron chi connectivity index (χ1n) is 6.90. The van der Waals surface area contributed by atoms with Crippen molar-refractivity contribution in [3.8, 4) is 5.75 Å². The summed E-state index contributed by atoms with van der Waals surface area (Å²) in [5.74, 6) is 1.49. The minimum Gasteiger partial charge on any atom is -0.497 e. The molecule has 106 valence electrons. The van der Waals surface area contributed by atoms with Gasteiger partial charge in [0.05, 0.1) is 13.7 Å². The van der Waals surface area contributed by atoms with Gasteiger partial charge in [-0.1, -0.05) is 12.1 Å². The number of hydrogen-bond acceptors (Lipinski definition) is 4. The molecule has 0 bridgehead atoms. The molecule has 2 atom stereocenters. The standard InChI is InChI=1S/C15H23NO3/c1-18-14-4-2-3-13(9-14)15(17)11-19-8-6-12-5-7-16-10-12/h2-4,9,12,15-17H,5-8,10-11H2,1H3. The maximum Gasteiger partial charge on any atom is 0.119 e. The van der Waals surface area contributed by atoms with Crippen LogP contribution in [0.4, 0.5) is 0 Å². The molecule has 1 aliphatic heterocycles. The molecule has 0 amide bonds. The highest BCUT2D eigenvalue weighted by molar-refractivity contribution is 5.29. The predicted octanol–water partition coefficient (Wildman–Crippen LogP) is 1.74. The van der Waals surface area contributed by atoms with Crippen LogP contribution in [-0.2, 0) is 4.74 Å². The van der Waals surface area contributed by atoms with Crippen LogP contribution in [0.15, 0.2) is 24.3 Å². The summed E-state index contributed by atoms with van der Waals surface area (Å²) in [6, 6.07) is 7.47. The van der Waals surface area contributed by atoms with Crippen LogP contribution in [0.2, 0.25) is 0 Å². The Bertz CT molecular complexity index is 377. The lowest BCUT2D eigenvalue weighted by atomic mass is 10.1. The van der Waals surface area contributed by atoms with Crippen molar-refractivity contribution in [2.75, 3.05) is 33.4 Å². The van der Waals surface area contributed by atoms with Gasteiger partial charge in [0.25, 0.3) is 0 Å². The van der Waals surface area contributed by atoms with Crippen molar-refractivity contribution in [1.82, 2.24) is 5.32 Å². The average Bonchev–Trinajstić information content (AvgIpc) is 2.96. The summed E-state index contributed by atoms with van der Waals surface area (Å²) in [6.45, 7) is 3.28. The molecule has 4 heteroatoms. The Morgan fingerprint density at radius 1 is 1.47 bits per heavy atom. The third-order valence-electron chi connectivity index (χ3n) is 3.59. The Labute approximate surface area is 114 Å². The topological polar surface area (TPSA) is 50.7 Å². The summed E-state index contributed by atoms with van der Waals surface area (Å²) >= 11 is 0. The van der Waals surface area contributed by atoms with Crippen molar-refractivity contribution >= 4 is 0 Å². The van der Waals surface area contributed by atoms with Gasteiger partial charge in [-0.05, 0) is 49.5 Å². The third-order valence-corrected chi connectivity index (χ3v) is 3.59. The average molecular weight is 265 g/mol. The molecule has 1 fully saturated rings. The van der Waals surface area contributed by atoms with E-state index in [0.717, 1.165) is 36.7 Å². The number of methoxy groups -OCH3 is 1. The van der Waals surface area contributed by atoms with Crippen molar-refractivity contribution in [2.45, 2.75) is 18.9 Å². The number of nitrogens with one attached hydrogen (secondary N) is 1. The van der Waals surface area contributed by atoms with E-state index in [9.17, 15) is 5.11 Å². The maximum absolute atomic E-state index is 10.0. The second-order valence-electron chi connectivity index (χ2n) is 5.01. The summed E-state index contributed by atoms with van der Waals surface area (Å²) in [6.07, 6.45) is 1.72. The quantitative estimate of drug-likeness (QED) is 0.737. The first-order valence-corrected chi connectivity index (χ1v) is 6.90. The molecule has 1 aromatic rings. The molecule has 2 rings (SSSR count). The summed E-state index contributed by atoms with van der Waals surface area (Å²) in [4.78, 5) is 0. The van der Waals surface area contributed by atoms with Gasteiger partial charge < -0.3 is 19.9 Å². The van der Waals surface area contributed by atoms with Crippen molar-refractivity contribution in [1.29, 1.82) is 0 Å². The van der Waals surface area contributed by atoms with Gasteiger partial charge in [0, 0.05) is 6.61 Å².